The normalized spacial score (nSPS) is 11.1. The molecule has 0 aliphatic carbocycles. The van der Waals surface area contributed by atoms with Gasteiger partial charge in [0.05, 0.1) is 0 Å². The van der Waals surface area contributed by atoms with Crippen molar-refractivity contribution in [3.8, 4) is 0 Å². The van der Waals surface area contributed by atoms with E-state index in [0.29, 0.717) is 11.8 Å². The molecule has 0 aliphatic rings. The first-order valence-electron chi connectivity index (χ1n) is 5.04. The summed E-state index contributed by atoms with van der Waals surface area (Å²) < 4.78 is 4.42. The zero-order chi connectivity index (χ0) is 10.7. The van der Waals surface area contributed by atoms with Crippen LogP contribution in [-0.4, -0.2) is 0 Å². The predicted octanol–water partition coefficient (Wildman–Crippen LogP) is 4.30. The second-order valence-electron chi connectivity index (χ2n) is 4.19. The Bertz CT molecular complexity index is 303. The van der Waals surface area contributed by atoms with Crippen molar-refractivity contribution in [2.24, 2.45) is 3.50 Å². The van der Waals surface area contributed by atoms with Crippen LogP contribution in [0.5, 0.6) is 0 Å². The zero-order valence-electron chi connectivity index (χ0n) is 9.24. The Morgan fingerprint density at radius 1 is 1.00 bits per heavy atom. The standard InChI is InChI=1S/C12H17N.Mo/c1-8(2)10-6-5-7-11(9(3)4)12(10)13;/h5-9H,1-4H3;/q;+4. The van der Waals surface area contributed by atoms with Crippen LogP contribution in [0.25, 0.3) is 0 Å². The predicted molar refractivity (Wildman–Crippen MR) is 56.7 cm³/mol. The molecule has 0 heterocycles. The molecule has 0 bridgehead atoms. The molecule has 0 spiro atoms. The van der Waals surface area contributed by atoms with Crippen LogP contribution in [0.4, 0.5) is 5.69 Å². The Morgan fingerprint density at radius 3 is 1.71 bits per heavy atom. The van der Waals surface area contributed by atoms with Crippen molar-refractivity contribution < 1.29 is 19.6 Å². The van der Waals surface area contributed by atoms with E-state index in [1.807, 2.05) is 19.6 Å². The SMILES string of the molecule is CC(C)c1cccc(C(C)C)c1[N]=[Mo+4]. The Morgan fingerprint density at radius 2 is 1.43 bits per heavy atom. The van der Waals surface area contributed by atoms with E-state index in [-0.39, 0.29) is 0 Å². The van der Waals surface area contributed by atoms with Crippen LogP contribution in [0.2, 0.25) is 0 Å². The quantitative estimate of drug-likeness (QED) is 0.727. The molecule has 0 aliphatic heterocycles. The molecule has 0 unspecified atom stereocenters. The molecule has 0 fully saturated rings. The monoisotopic (exact) mass is 273 g/mol. The van der Waals surface area contributed by atoms with Crippen LogP contribution >= 0.6 is 0 Å². The van der Waals surface area contributed by atoms with Gasteiger partial charge in [-0.15, -0.1) is 0 Å². The van der Waals surface area contributed by atoms with E-state index in [4.69, 9.17) is 0 Å². The number of hydrogen-bond acceptors (Lipinski definition) is 1. The van der Waals surface area contributed by atoms with Gasteiger partial charge in [0, 0.05) is 0 Å². The Labute approximate surface area is 97.7 Å². The second-order valence-corrected chi connectivity index (χ2v) is 4.63. The van der Waals surface area contributed by atoms with Gasteiger partial charge in [-0.2, -0.15) is 0 Å². The number of rotatable bonds is 3. The summed E-state index contributed by atoms with van der Waals surface area (Å²) in [5, 5.41) is 0. The van der Waals surface area contributed by atoms with Crippen molar-refractivity contribution in [3.05, 3.63) is 29.3 Å². The fraction of sp³-hybridized carbons (Fsp3) is 0.500. The van der Waals surface area contributed by atoms with Gasteiger partial charge >= 0.3 is 97.7 Å². The van der Waals surface area contributed by atoms with E-state index >= 15 is 0 Å². The summed E-state index contributed by atoms with van der Waals surface area (Å²) >= 11 is 1.81. The van der Waals surface area contributed by atoms with Crippen LogP contribution in [0.1, 0.15) is 50.7 Å². The van der Waals surface area contributed by atoms with Crippen molar-refractivity contribution in [2.45, 2.75) is 39.5 Å². The van der Waals surface area contributed by atoms with Gasteiger partial charge in [-0.3, -0.25) is 0 Å². The summed E-state index contributed by atoms with van der Waals surface area (Å²) in [6.45, 7) is 8.87. The fourth-order valence-electron chi connectivity index (χ4n) is 1.62. The van der Waals surface area contributed by atoms with Crippen LogP contribution in [0.15, 0.2) is 21.7 Å². The van der Waals surface area contributed by atoms with Crippen molar-refractivity contribution in [1.29, 1.82) is 0 Å². The molecule has 1 aromatic rings. The fourth-order valence-corrected chi connectivity index (χ4v) is 2.14. The average Bonchev–Trinajstić information content (AvgIpc) is 2.16. The van der Waals surface area contributed by atoms with E-state index in [9.17, 15) is 0 Å². The first-order chi connectivity index (χ1) is 6.57. The van der Waals surface area contributed by atoms with Gasteiger partial charge in [0.15, 0.2) is 0 Å². The molecule has 1 aromatic carbocycles. The third kappa shape index (κ3) is 2.39. The van der Waals surface area contributed by atoms with Gasteiger partial charge in [-0.25, -0.2) is 0 Å². The van der Waals surface area contributed by atoms with Gasteiger partial charge < -0.3 is 0 Å². The van der Waals surface area contributed by atoms with Crippen LogP contribution in [0.3, 0.4) is 0 Å². The first kappa shape index (κ1) is 11.8. The maximum absolute atomic E-state index is 4.42. The van der Waals surface area contributed by atoms with Crippen LogP contribution in [-0.2, 0) is 19.6 Å². The van der Waals surface area contributed by atoms with Gasteiger partial charge in [-0.1, -0.05) is 0 Å². The second kappa shape index (κ2) is 4.98. The average molecular weight is 271 g/mol. The van der Waals surface area contributed by atoms with Crippen molar-refractivity contribution in [3.63, 3.8) is 0 Å². The molecule has 0 radical (unpaired) electrons. The minimum atomic E-state index is 0.550. The molecule has 2 heteroatoms. The molecule has 14 heavy (non-hydrogen) atoms. The summed E-state index contributed by atoms with van der Waals surface area (Å²) in [6, 6.07) is 6.50. The third-order valence-electron chi connectivity index (χ3n) is 2.43. The molecule has 72 valence electrons. The van der Waals surface area contributed by atoms with Crippen molar-refractivity contribution in [1.82, 2.24) is 0 Å². The minimum absolute atomic E-state index is 0.550. The number of nitrogens with zero attached hydrogens (tertiary/aromatic N) is 1. The van der Waals surface area contributed by atoms with Gasteiger partial charge in [0.1, 0.15) is 0 Å². The molecule has 0 amide bonds. The van der Waals surface area contributed by atoms with E-state index in [2.05, 4.69) is 49.4 Å². The molecule has 0 aromatic heterocycles. The van der Waals surface area contributed by atoms with Crippen molar-refractivity contribution >= 4 is 5.69 Å². The molecule has 0 saturated heterocycles. The number of benzene rings is 1. The summed E-state index contributed by atoms with van der Waals surface area (Å²) in [6.07, 6.45) is 0. The molecular weight excluding hydrogens is 254 g/mol. The number of hydrogen-bond donors (Lipinski definition) is 0. The Kier molecular flexibility index (Phi) is 4.19. The summed E-state index contributed by atoms with van der Waals surface area (Å²) in [4.78, 5) is 0. The molecular formula is C12H17MoN+4. The van der Waals surface area contributed by atoms with Crippen LogP contribution < -0.4 is 0 Å². The Balaban J connectivity index is 3.32. The molecule has 1 rings (SSSR count). The van der Waals surface area contributed by atoms with E-state index in [1.54, 1.807) is 0 Å². The van der Waals surface area contributed by atoms with E-state index in [0.717, 1.165) is 0 Å². The van der Waals surface area contributed by atoms with Gasteiger partial charge in [-0.05, 0) is 0 Å². The topological polar surface area (TPSA) is 12.4 Å². The maximum atomic E-state index is 4.42. The summed E-state index contributed by atoms with van der Waals surface area (Å²) in [7, 11) is 0. The van der Waals surface area contributed by atoms with E-state index in [1.165, 1.54) is 16.8 Å². The van der Waals surface area contributed by atoms with Crippen LogP contribution in [0, 0.1) is 0 Å². The Hall–Kier alpha value is -0.292. The summed E-state index contributed by atoms with van der Waals surface area (Å²) in [5.74, 6) is 1.10. The molecule has 0 N–H and O–H groups in total. The summed E-state index contributed by atoms with van der Waals surface area (Å²) in [5.41, 5.74) is 3.92. The molecule has 0 saturated carbocycles. The van der Waals surface area contributed by atoms with Gasteiger partial charge in [0.2, 0.25) is 0 Å². The third-order valence-corrected chi connectivity index (χ3v) is 2.88. The van der Waals surface area contributed by atoms with E-state index < -0.39 is 0 Å². The molecule has 1 nitrogen and oxygen atoms in total. The molecule has 0 atom stereocenters. The van der Waals surface area contributed by atoms with Crippen molar-refractivity contribution in [2.75, 3.05) is 0 Å². The zero-order valence-corrected chi connectivity index (χ0v) is 11.2. The van der Waals surface area contributed by atoms with Gasteiger partial charge in [0.25, 0.3) is 0 Å². The first-order valence-corrected chi connectivity index (χ1v) is 5.93.